The van der Waals surface area contributed by atoms with Crippen LogP contribution in [0.3, 0.4) is 0 Å². The number of aromatic amines is 1. The summed E-state index contributed by atoms with van der Waals surface area (Å²) >= 11 is 0. The molecule has 3 N–H and O–H groups in total. The Hall–Kier alpha value is -1.48. The number of aromatic nitrogens is 1. The van der Waals surface area contributed by atoms with Crippen LogP contribution >= 0.6 is 0 Å². The lowest BCUT2D eigenvalue weighted by molar-refractivity contribution is 0.413. The van der Waals surface area contributed by atoms with Crippen molar-refractivity contribution >= 4 is 10.9 Å². The Morgan fingerprint density at radius 3 is 2.93 bits per heavy atom. The van der Waals surface area contributed by atoms with Crippen molar-refractivity contribution in [2.24, 2.45) is 5.73 Å². The van der Waals surface area contributed by atoms with Gasteiger partial charge in [-0.1, -0.05) is 12.1 Å². The molecule has 80 valence electrons. The van der Waals surface area contributed by atoms with E-state index in [4.69, 9.17) is 10.5 Å². The number of methoxy groups -OCH3 is 1. The summed E-state index contributed by atoms with van der Waals surface area (Å²) in [7, 11) is 1.71. The lowest BCUT2D eigenvalue weighted by Gasteiger charge is -2.09. The Bertz CT molecular complexity index is 448. The maximum absolute atomic E-state index is 5.51. The summed E-state index contributed by atoms with van der Waals surface area (Å²) in [6, 6.07) is 6.27. The molecule has 0 radical (unpaired) electrons. The molecule has 0 atom stereocenters. The Morgan fingerprint density at radius 2 is 2.20 bits per heavy atom. The molecule has 0 aliphatic carbocycles. The minimum atomic E-state index is 0.714. The van der Waals surface area contributed by atoms with E-state index in [9.17, 15) is 0 Å². The van der Waals surface area contributed by atoms with Crippen molar-refractivity contribution in [1.82, 2.24) is 4.98 Å². The van der Waals surface area contributed by atoms with Gasteiger partial charge in [-0.05, 0) is 31.0 Å². The smallest absolute Gasteiger partial charge is 0.146 e. The maximum atomic E-state index is 5.51. The van der Waals surface area contributed by atoms with Crippen molar-refractivity contribution in [1.29, 1.82) is 0 Å². The van der Waals surface area contributed by atoms with E-state index in [0.29, 0.717) is 6.54 Å². The second kappa shape index (κ2) is 4.36. The van der Waals surface area contributed by atoms with Crippen molar-refractivity contribution in [3.8, 4) is 5.75 Å². The first-order valence-electron chi connectivity index (χ1n) is 5.20. The third-order valence-corrected chi connectivity index (χ3v) is 2.62. The largest absolute Gasteiger partial charge is 0.494 e. The predicted octanol–water partition coefficient (Wildman–Crippen LogP) is 2.07. The number of benzene rings is 1. The van der Waals surface area contributed by atoms with E-state index < -0.39 is 0 Å². The third-order valence-electron chi connectivity index (χ3n) is 2.62. The molecule has 0 aliphatic rings. The highest BCUT2D eigenvalue weighted by Crippen LogP contribution is 2.29. The van der Waals surface area contributed by atoms with Crippen LogP contribution in [0.15, 0.2) is 24.4 Å². The average Bonchev–Trinajstić information content (AvgIpc) is 2.73. The molecule has 1 heterocycles. The van der Waals surface area contributed by atoms with Gasteiger partial charge in [0.05, 0.1) is 12.6 Å². The zero-order valence-electron chi connectivity index (χ0n) is 8.92. The van der Waals surface area contributed by atoms with E-state index in [1.807, 2.05) is 12.3 Å². The van der Waals surface area contributed by atoms with Crippen LogP contribution in [0.25, 0.3) is 10.9 Å². The van der Waals surface area contributed by atoms with Crippen LogP contribution in [0.4, 0.5) is 0 Å². The molecular weight excluding hydrogens is 188 g/mol. The molecule has 0 bridgehead atoms. The van der Waals surface area contributed by atoms with Gasteiger partial charge >= 0.3 is 0 Å². The molecule has 3 nitrogen and oxygen atoms in total. The first kappa shape index (κ1) is 10.1. The first-order chi connectivity index (χ1) is 7.36. The van der Waals surface area contributed by atoms with Gasteiger partial charge in [0.25, 0.3) is 0 Å². The molecule has 0 saturated heterocycles. The van der Waals surface area contributed by atoms with Crippen LogP contribution in [0.5, 0.6) is 5.75 Å². The van der Waals surface area contributed by atoms with Gasteiger partial charge in [0.2, 0.25) is 0 Å². The molecule has 1 aromatic heterocycles. The topological polar surface area (TPSA) is 51.0 Å². The summed E-state index contributed by atoms with van der Waals surface area (Å²) in [5.74, 6) is 0.950. The van der Waals surface area contributed by atoms with E-state index in [2.05, 4.69) is 17.1 Å². The predicted molar refractivity (Wildman–Crippen MR) is 62.2 cm³/mol. The molecule has 0 saturated carbocycles. The third kappa shape index (κ3) is 1.83. The highest BCUT2D eigenvalue weighted by atomic mass is 16.5. The molecule has 0 fully saturated rings. The molecule has 0 spiro atoms. The van der Waals surface area contributed by atoms with Gasteiger partial charge in [0, 0.05) is 11.6 Å². The van der Waals surface area contributed by atoms with Crippen molar-refractivity contribution in [2.75, 3.05) is 13.7 Å². The fourth-order valence-electron chi connectivity index (χ4n) is 1.87. The monoisotopic (exact) mass is 204 g/mol. The normalized spacial score (nSPS) is 10.8. The van der Waals surface area contributed by atoms with Gasteiger partial charge in [0.1, 0.15) is 5.75 Å². The van der Waals surface area contributed by atoms with E-state index in [1.165, 1.54) is 10.9 Å². The number of hydrogen-bond acceptors (Lipinski definition) is 2. The number of ether oxygens (including phenoxy) is 1. The summed E-state index contributed by atoms with van der Waals surface area (Å²) in [6.07, 6.45) is 3.89. The van der Waals surface area contributed by atoms with Gasteiger partial charge in [-0.2, -0.15) is 0 Å². The standard InChI is InChI=1S/C12H16N2O/c1-15-12-10(3-2-7-13)5-4-9-6-8-14-11(9)12/h4-6,8,14H,2-3,7,13H2,1H3. The molecule has 2 aromatic rings. The van der Waals surface area contributed by atoms with Crippen molar-refractivity contribution in [3.63, 3.8) is 0 Å². The number of nitrogens with one attached hydrogen (secondary N) is 1. The van der Waals surface area contributed by atoms with Crippen LogP contribution in [0.2, 0.25) is 0 Å². The number of aryl methyl sites for hydroxylation is 1. The van der Waals surface area contributed by atoms with E-state index in [-0.39, 0.29) is 0 Å². The molecule has 2 rings (SSSR count). The fourth-order valence-corrected chi connectivity index (χ4v) is 1.87. The minimum Gasteiger partial charge on any atom is -0.494 e. The Morgan fingerprint density at radius 1 is 1.33 bits per heavy atom. The minimum absolute atomic E-state index is 0.714. The lowest BCUT2D eigenvalue weighted by Crippen LogP contribution is -2.01. The van der Waals surface area contributed by atoms with Crippen LogP contribution in [-0.2, 0) is 6.42 Å². The number of fused-ring (bicyclic) bond motifs is 1. The number of hydrogen-bond donors (Lipinski definition) is 2. The Kier molecular flexibility index (Phi) is 2.92. The highest BCUT2D eigenvalue weighted by molar-refractivity contribution is 5.86. The zero-order valence-corrected chi connectivity index (χ0v) is 8.92. The summed E-state index contributed by atoms with van der Waals surface area (Å²) in [4.78, 5) is 3.20. The van der Waals surface area contributed by atoms with Gasteiger partial charge in [-0.15, -0.1) is 0 Å². The second-order valence-electron chi connectivity index (χ2n) is 3.59. The Balaban J connectivity index is 2.44. The summed E-state index contributed by atoms with van der Waals surface area (Å²) in [6.45, 7) is 0.714. The molecule has 1 aromatic carbocycles. The van der Waals surface area contributed by atoms with Gasteiger partial charge in [0.15, 0.2) is 0 Å². The van der Waals surface area contributed by atoms with Crippen LogP contribution in [-0.4, -0.2) is 18.6 Å². The van der Waals surface area contributed by atoms with Crippen molar-refractivity contribution < 1.29 is 4.74 Å². The SMILES string of the molecule is COc1c(CCCN)ccc2cc[nH]c12. The summed E-state index contributed by atoms with van der Waals surface area (Å²) < 4.78 is 5.44. The van der Waals surface area contributed by atoms with E-state index >= 15 is 0 Å². The first-order valence-corrected chi connectivity index (χ1v) is 5.20. The molecule has 15 heavy (non-hydrogen) atoms. The van der Waals surface area contributed by atoms with Gasteiger partial charge in [-0.25, -0.2) is 0 Å². The van der Waals surface area contributed by atoms with E-state index in [1.54, 1.807) is 7.11 Å². The molecule has 0 unspecified atom stereocenters. The Labute approximate surface area is 89.2 Å². The molecule has 0 aliphatic heterocycles. The number of rotatable bonds is 4. The van der Waals surface area contributed by atoms with Gasteiger partial charge < -0.3 is 15.5 Å². The van der Waals surface area contributed by atoms with Crippen molar-refractivity contribution in [2.45, 2.75) is 12.8 Å². The van der Waals surface area contributed by atoms with Gasteiger partial charge in [-0.3, -0.25) is 0 Å². The maximum Gasteiger partial charge on any atom is 0.146 e. The van der Waals surface area contributed by atoms with Crippen LogP contribution < -0.4 is 10.5 Å². The summed E-state index contributed by atoms with van der Waals surface area (Å²) in [5, 5.41) is 1.18. The lowest BCUT2D eigenvalue weighted by atomic mass is 10.1. The van der Waals surface area contributed by atoms with E-state index in [0.717, 1.165) is 24.1 Å². The average molecular weight is 204 g/mol. The van der Waals surface area contributed by atoms with Crippen LogP contribution in [0, 0.1) is 0 Å². The molecule has 3 heteroatoms. The van der Waals surface area contributed by atoms with Crippen LogP contribution in [0.1, 0.15) is 12.0 Å². The summed E-state index contributed by atoms with van der Waals surface area (Å²) in [5.41, 5.74) is 7.81. The zero-order chi connectivity index (χ0) is 10.7. The number of nitrogens with two attached hydrogens (primary N) is 1. The molecular formula is C12H16N2O. The quantitative estimate of drug-likeness (QED) is 0.801. The second-order valence-corrected chi connectivity index (χ2v) is 3.59. The fraction of sp³-hybridized carbons (Fsp3) is 0.333. The highest BCUT2D eigenvalue weighted by Gasteiger charge is 2.08. The number of H-pyrrole nitrogens is 1. The molecule has 0 amide bonds. The van der Waals surface area contributed by atoms with Crippen molar-refractivity contribution in [3.05, 3.63) is 30.0 Å².